The van der Waals surface area contributed by atoms with Gasteiger partial charge in [-0.15, -0.1) is 0 Å². The summed E-state index contributed by atoms with van der Waals surface area (Å²) < 4.78 is 5.34. The van der Waals surface area contributed by atoms with Crippen molar-refractivity contribution in [1.29, 1.82) is 0 Å². The molecule has 2 rings (SSSR count). The van der Waals surface area contributed by atoms with E-state index in [0.29, 0.717) is 18.0 Å². The molecule has 1 aliphatic rings. The van der Waals surface area contributed by atoms with Crippen molar-refractivity contribution >= 4 is 17.5 Å². The fourth-order valence-electron chi connectivity index (χ4n) is 2.63. The Kier molecular flexibility index (Phi) is 4.55. The van der Waals surface area contributed by atoms with Crippen molar-refractivity contribution in [2.45, 2.75) is 44.8 Å². The van der Waals surface area contributed by atoms with Crippen LogP contribution in [-0.4, -0.2) is 24.6 Å². The number of halogens is 1. The van der Waals surface area contributed by atoms with Crippen LogP contribution in [0.2, 0.25) is 5.02 Å². The molecule has 20 heavy (non-hydrogen) atoms. The van der Waals surface area contributed by atoms with Crippen molar-refractivity contribution in [3.05, 3.63) is 28.8 Å². The van der Waals surface area contributed by atoms with E-state index in [-0.39, 0.29) is 17.5 Å². The molecule has 110 valence electrons. The van der Waals surface area contributed by atoms with Gasteiger partial charge < -0.3 is 15.4 Å². The van der Waals surface area contributed by atoms with E-state index in [1.54, 1.807) is 7.11 Å². The van der Waals surface area contributed by atoms with Crippen molar-refractivity contribution in [3.63, 3.8) is 0 Å². The molecule has 5 heteroatoms. The molecule has 1 aromatic carbocycles. The fourth-order valence-corrected chi connectivity index (χ4v) is 2.86. The zero-order valence-electron chi connectivity index (χ0n) is 12.1. The second-order valence-electron chi connectivity index (χ2n) is 5.66. The molecule has 0 bridgehead atoms. The smallest absolute Gasteiger partial charge is 0.220 e. The Bertz CT molecular complexity index is 503. The number of carbonyl (C=O) groups is 1. The van der Waals surface area contributed by atoms with Gasteiger partial charge in [0.2, 0.25) is 5.91 Å². The van der Waals surface area contributed by atoms with E-state index in [4.69, 9.17) is 16.3 Å². The molecule has 0 radical (unpaired) electrons. The predicted molar refractivity (Wildman–Crippen MR) is 80.1 cm³/mol. The third-order valence-electron chi connectivity index (χ3n) is 3.81. The summed E-state index contributed by atoms with van der Waals surface area (Å²) in [6.07, 6.45) is 1.38. The van der Waals surface area contributed by atoms with Gasteiger partial charge in [-0.2, -0.15) is 0 Å². The van der Waals surface area contributed by atoms with Crippen LogP contribution in [0.4, 0.5) is 0 Å². The minimum absolute atomic E-state index is 0.114. The molecule has 4 nitrogen and oxygen atoms in total. The molecule has 1 aliphatic heterocycles. The Balaban J connectivity index is 2.07. The van der Waals surface area contributed by atoms with E-state index in [2.05, 4.69) is 10.6 Å². The minimum atomic E-state index is -0.260. The van der Waals surface area contributed by atoms with Crippen molar-refractivity contribution in [1.82, 2.24) is 10.6 Å². The van der Waals surface area contributed by atoms with E-state index in [1.807, 2.05) is 32.0 Å². The quantitative estimate of drug-likeness (QED) is 0.897. The molecule has 0 saturated carbocycles. The van der Waals surface area contributed by atoms with Gasteiger partial charge in [-0.1, -0.05) is 17.7 Å². The molecule has 0 spiro atoms. The molecule has 1 unspecified atom stereocenters. The van der Waals surface area contributed by atoms with Gasteiger partial charge in [0.15, 0.2) is 0 Å². The van der Waals surface area contributed by atoms with Crippen molar-refractivity contribution in [3.8, 4) is 5.75 Å². The van der Waals surface area contributed by atoms with Crippen LogP contribution in [0.1, 0.15) is 32.3 Å². The first kappa shape index (κ1) is 15.1. The predicted octanol–water partition coefficient (Wildman–Crippen LogP) is 2.50. The van der Waals surface area contributed by atoms with Gasteiger partial charge in [0.1, 0.15) is 5.75 Å². The highest BCUT2D eigenvalue weighted by Crippen LogP contribution is 2.27. The maximum atomic E-state index is 11.5. The largest absolute Gasteiger partial charge is 0.496 e. The SMILES string of the molecule is COc1cccc(Cl)c1CNC1CCC(=O)NC1(C)C. The Morgan fingerprint density at radius 1 is 1.50 bits per heavy atom. The summed E-state index contributed by atoms with van der Waals surface area (Å²) >= 11 is 6.23. The summed E-state index contributed by atoms with van der Waals surface area (Å²) in [5, 5.41) is 7.19. The first-order chi connectivity index (χ1) is 9.44. The van der Waals surface area contributed by atoms with Crippen LogP contribution >= 0.6 is 11.6 Å². The molecule has 2 N–H and O–H groups in total. The first-order valence-corrected chi connectivity index (χ1v) is 7.17. The Morgan fingerprint density at radius 3 is 2.90 bits per heavy atom. The van der Waals surface area contributed by atoms with Crippen LogP contribution in [0.15, 0.2) is 18.2 Å². The molecule has 0 aliphatic carbocycles. The minimum Gasteiger partial charge on any atom is -0.496 e. The standard InChI is InChI=1S/C15H21ClN2O2/c1-15(2)13(7-8-14(19)18-15)17-9-10-11(16)5-4-6-12(10)20-3/h4-6,13,17H,7-9H2,1-3H3,(H,18,19). The van der Waals surface area contributed by atoms with Gasteiger partial charge in [0.25, 0.3) is 0 Å². The number of methoxy groups -OCH3 is 1. The maximum Gasteiger partial charge on any atom is 0.220 e. The van der Waals surface area contributed by atoms with Crippen LogP contribution in [0.5, 0.6) is 5.75 Å². The Hall–Kier alpha value is -1.26. The normalized spacial score (nSPS) is 21.4. The van der Waals surface area contributed by atoms with Crippen LogP contribution in [0.3, 0.4) is 0 Å². The second-order valence-corrected chi connectivity index (χ2v) is 6.07. The molecule has 1 aromatic rings. The lowest BCUT2D eigenvalue weighted by atomic mass is 9.86. The summed E-state index contributed by atoms with van der Waals surface area (Å²) in [4.78, 5) is 11.5. The lowest BCUT2D eigenvalue weighted by Gasteiger charge is -2.40. The third-order valence-corrected chi connectivity index (χ3v) is 4.17. The van der Waals surface area contributed by atoms with E-state index >= 15 is 0 Å². The summed E-state index contributed by atoms with van der Waals surface area (Å²) in [6.45, 7) is 4.68. The van der Waals surface area contributed by atoms with E-state index < -0.39 is 0 Å². The molecular formula is C15H21ClN2O2. The number of benzene rings is 1. The first-order valence-electron chi connectivity index (χ1n) is 6.80. The number of hydrogen-bond acceptors (Lipinski definition) is 3. The topological polar surface area (TPSA) is 50.4 Å². The molecule has 1 heterocycles. The zero-order valence-corrected chi connectivity index (χ0v) is 12.9. The van der Waals surface area contributed by atoms with Crippen molar-refractivity contribution in [2.24, 2.45) is 0 Å². The van der Waals surface area contributed by atoms with Crippen LogP contribution in [0, 0.1) is 0 Å². The third kappa shape index (κ3) is 3.25. The summed E-state index contributed by atoms with van der Waals surface area (Å²) in [7, 11) is 1.64. The van der Waals surface area contributed by atoms with Crippen LogP contribution in [0.25, 0.3) is 0 Å². The number of nitrogens with one attached hydrogen (secondary N) is 2. The van der Waals surface area contributed by atoms with Gasteiger partial charge >= 0.3 is 0 Å². The fraction of sp³-hybridized carbons (Fsp3) is 0.533. The monoisotopic (exact) mass is 296 g/mol. The van der Waals surface area contributed by atoms with Crippen LogP contribution < -0.4 is 15.4 Å². The second kappa shape index (κ2) is 6.02. The zero-order chi connectivity index (χ0) is 14.8. The lowest BCUT2D eigenvalue weighted by Crippen LogP contribution is -2.60. The van der Waals surface area contributed by atoms with Gasteiger partial charge in [0, 0.05) is 35.1 Å². The number of amides is 1. The highest BCUT2D eigenvalue weighted by Gasteiger charge is 2.35. The number of piperidine rings is 1. The van der Waals surface area contributed by atoms with Gasteiger partial charge in [0.05, 0.1) is 7.11 Å². The number of ether oxygens (including phenoxy) is 1. The highest BCUT2D eigenvalue weighted by molar-refractivity contribution is 6.31. The van der Waals surface area contributed by atoms with E-state index in [0.717, 1.165) is 17.7 Å². The van der Waals surface area contributed by atoms with Crippen molar-refractivity contribution in [2.75, 3.05) is 7.11 Å². The molecule has 0 aromatic heterocycles. The average molecular weight is 297 g/mol. The van der Waals surface area contributed by atoms with Gasteiger partial charge in [-0.25, -0.2) is 0 Å². The maximum absolute atomic E-state index is 11.5. The molecular weight excluding hydrogens is 276 g/mol. The van der Waals surface area contributed by atoms with Crippen molar-refractivity contribution < 1.29 is 9.53 Å². The highest BCUT2D eigenvalue weighted by atomic mass is 35.5. The Morgan fingerprint density at radius 2 is 2.25 bits per heavy atom. The lowest BCUT2D eigenvalue weighted by molar-refractivity contribution is -0.125. The Labute approximate surface area is 124 Å². The van der Waals surface area contributed by atoms with Crippen LogP contribution in [-0.2, 0) is 11.3 Å². The van der Waals surface area contributed by atoms with E-state index in [1.165, 1.54) is 0 Å². The molecule has 1 fully saturated rings. The molecule has 1 atom stereocenters. The average Bonchev–Trinajstić information content (AvgIpc) is 2.38. The molecule has 1 saturated heterocycles. The summed E-state index contributed by atoms with van der Waals surface area (Å²) in [5.74, 6) is 0.894. The van der Waals surface area contributed by atoms with E-state index in [9.17, 15) is 4.79 Å². The summed E-state index contributed by atoms with van der Waals surface area (Å²) in [5.41, 5.74) is 0.688. The number of carbonyl (C=O) groups excluding carboxylic acids is 1. The van der Waals surface area contributed by atoms with Gasteiger partial charge in [-0.05, 0) is 32.4 Å². The number of hydrogen-bond donors (Lipinski definition) is 2. The summed E-state index contributed by atoms with van der Waals surface area (Å²) in [6, 6.07) is 5.84. The van der Waals surface area contributed by atoms with Gasteiger partial charge in [-0.3, -0.25) is 4.79 Å². The molecule has 1 amide bonds. The number of rotatable bonds is 4.